The number of H-pyrrole nitrogens is 1. The summed E-state index contributed by atoms with van der Waals surface area (Å²) in [6.45, 7) is 0.390. The average Bonchev–Trinajstić information content (AvgIpc) is 2.82. The number of aromatic amines is 1. The van der Waals surface area contributed by atoms with Gasteiger partial charge in [0.05, 0.1) is 5.56 Å². The lowest BCUT2D eigenvalue weighted by molar-refractivity contribution is 0.0949. The van der Waals surface area contributed by atoms with Gasteiger partial charge in [-0.05, 0) is 12.1 Å². The van der Waals surface area contributed by atoms with Crippen molar-refractivity contribution in [3.63, 3.8) is 0 Å². The molecular weight excluding hydrogens is 223 g/mol. The van der Waals surface area contributed by atoms with Crippen molar-refractivity contribution in [3.05, 3.63) is 48.1 Å². The van der Waals surface area contributed by atoms with Crippen LogP contribution in [0, 0.1) is 5.95 Å². The van der Waals surface area contributed by atoms with Gasteiger partial charge in [0.1, 0.15) is 5.82 Å². The van der Waals surface area contributed by atoms with Gasteiger partial charge in [-0.25, -0.2) is 9.97 Å². The van der Waals surface area contributed by atoms with E-state index in [9.17, 15) is 9.18 Å². The molecule has 0 spiro atoms. The Morgan fingerprint density at radius 2 is 2.29 bits per heavy atom. The summed E-state index contributed by atoms with van der Waals surface area (Å²) in [5, 5.41) is 2.60. The molecule has 0 saturated heterocycles. The molecule has 0 aliphatic heterocycles. The number of aromatic nitrogens is 3. The first-order valence-corrected chi connectivity index (χ1v) is 5.14. The SMILES string of the molecule is O=C(NCCc1ncc[nH]1)c1cccnc1F. The molecule has 0 bridgehead atoms. The van der Waals surface area contributed by atoms with Crippen LogP contribution in [0.3, 0.4) is 0 Å². The first-order chi connectivity index (χ1) is 8.27. The topological polar surface area (TPSA) is 70.7 Å². The van der Waals surface area contributed by atoms with E-state index in [4.69, 9.17) is 0 Å². The van der Waals surface area contributed by atoms with E-state index in [0.717, 1.165) is 5.82 Å². The number of nitrogens with one attached hydrogen (secondary N) is 2. The summed E-state index contributed by atoms with van der Waals surface area (Å²) in [5.41, 5.74) is -0.0491. The fraction of sp³-hybridized carbons (Fsp3) is 0.182. The third-order valence-corrected chi connectivity index (χ3v) is 2.21. The van der Waals surface area contributed by atoms with Gasteiger partial charge in [0, 0.05) is 31.6 Å². The van der Waals surface area contributed by atoms with E-state index in [-0.39, 0.29) is 5.56 Å². The van der Waals surface area contributed by atoms with Crippen molar-refractivity contribution in [2.45, 2.75) is 6.42 Å². The lowest BCUT2D eigenvalue weighted by Crippen LogP contribution is -2.27. The molecule has 0 aliphatic carbocycles. The second-order valence-corrected chi connectivity index (χ2v) is 3.38. The molecule has 0 radical (unpaired) electrons. The number of amides is 1. The van der Waals surface area contributed by atoms with Gasteiger partial charge < -0.3 is 10.3 Å². The third kappa shape index (κ3) is 2.87. The van der Waals surface area contributed by atoms with Crippen LogP contribution in [0.25, 0.3) is 0 Å². The molecule has 0 atom stereocenters. The maximum absolute atomic E-state index is 13.2. The predicted molar refractivity (Wildman–Crippen MR) is 58.8 cm³/mol. The van der Waals surface area contributed by atoms with Crippen LogP contribution in [0.5, 0.6) is 0 Å². The largest absolute Gasteiger partial charge is 0.351 e. The van der Waals surface area contributed by atoms with Crippen molar-refractivity contribution in [2.24, 2.45) is 0 Å². The zero-order chi connectivity index (χ0) is 12.1. The standard InChI is InChI=1S/C11H11FN4O/c12-10-8(2-1-4-15-10)11(17)16-5-3-9-13-6-7-14-9/h1-2,4,6-7H,3,5H2,(H,13,14)(H,16,17). The summed E-state index contributed by atoms with van der Waals surface area (Å²) >= 11 is 0. The minimum absolute atomic E-state index is 0.0491. The van der Waals surface area contributed by atoms with E-state index in [1.165, 1.54) is 18.3 Å². The Balaban J connectivity index is 1.88. The number of carbonyl (C=O) groups excluding carboxylic acids is 1. The molecule has 0 fully saturated rings. The summed E-state index contributed by atoms with van der Waals surface area (Å²) in [6.07, 6.45) is 5.21. The summed E-state index contributed by atoms with van der Waals surface area (Å²) in [7, 11) is 0. The van der Waals surface area contributed by atoms with Crippen molar-refractivity contribution >= 4 is 5.91 Å². The fourth-order valence-electron chi connectivity index (χ4n) is 1.38. The lowest BCUT2D eigenvalue weighted by atomic mass is 10.2. The highest BCUT2D eigenvalue weighted by Crippen LogP contribution is 2.02. The van der Waals surface area contributed by atoms with Crippen molar-refractivity contribution < 1.29 is 9.18 Å². The van der Waals surface area contributed by atoms with Gasteiger partial charge in [-0.15, -0.1) is 0 Å². The van der Waals surface area contributed by atoms with Crippen molar-refractivity contribution in [3.8, 4) is 0 Å². The zero-order valence-corrected chi connectivity index (χ0v) is 8.98. The molecule has 1 amide bonds. The Morgan fingerprint density at radius 1 is 1.41 bits per heavy atom. The Hall–Kier alpha value is -2.24. The van der Waals surface area contributed by atoms with Gasteiger partial charge in [-0.1, -0.05) is 0 Å². The monoisotopic (exact) mass is 234 g/mol. The molecule has 2 rings (SSSR count). The number of nitrogens with zero attached hydrogens (tertiary/aromatic N) is 2. The molecule has 2 aromatic heterocycles. The molecule has 0 aromatic carbocycles. The van der Waals surface area contributed by atoms with Crippen LogP contribution in [-0.4, -0.2) is 27.4 Å². The maximum Gasteiger partial charge on any atom is 0.255 e. The van der Waals surface area contributed by atoms with Crippen LogP contribution in [0.4, 0.5) is 4.39 Å². The molecule has 6 heteroatoms. The van der Waals surface area contributed by atoms with Crippen LogP contribution in [0.15, 0.2) is 30.7 Å². The Labute approximate surface area is 97.1 Å². The molecule has 0 aliphatic rings. The Morgan fingerprint density at radius 3 is 3.00 bits per heavy atom. The molecule has 2 heterocycles. The molecule has 17 heavy (non-hydrogen) atoms. The molecule has 5 nitrogen and oxygen atoms in total. The minimum atomic E-state index is -0.761. The predicted octanol–water partition coefficient (Wildman–Crippen LogP) is 0.916. The summed E-state index contributed by atoms with van der Waals surface area (Å²) in [6, 6.07) is 2.91. The van der Waals surface area contributed by atoms with E-state index >= 15 is 0 Å². The highest BCUT2D eigenvalue weighted by Gasteiger charge is 2.10. The lowest BCUT2D eigenvalue weighted by Gasteiger charge is -2.04. The van der Waals surface area contributed by atoms with Gasteiger partial charge in [-0.3, -0.25) is 4.79 Å². The average molecular weight is 234 g/mol. The fourth-order valence-corrected chi connectivity index (χ4v) is 1.38. The summed E-state index contributed by atoms with van der Waals surface area (Å²) in [4.78, 5) is 21.9. The normalized spacial score (nSPS) is 10.2. The highest BCUT2D eigenvalue weighted by molar-refractivity contribution is 5.94. The number of halogens is 1. The molecule has 2 aromatic rings. The second-order valence-electron chi connectivity index (χ2n) is 3.38. The number of carbonyl (C=O) groups is 1. The number of hydrogen-bond donors (Lipinski definition) is 2. The van der Waals surface area contributed by atoms with E-state index in [1.807, 2.05) is 0 Å². The van der Waals surface area contributed by atoms with Crippen LogP contribution in [0.1, 0.15) is 16.2 Å². The molecule has 2 N–H and O–H groups in total. The number of imidazole rings is 1. The summed E-state index contributed by atoms with van der Waals surface area (Å²) < 4.78 is 13.2. The van der Waals surface area contributed by atoms with Gasteiger partial charge in [-0.2, -0.15) is 4.39 Å². The second kappa shape index (κ2) is 5.20. The van der Waals surface area contributed by atoms with Crippen molar-refractivity contribution in [2.75, 3.05) is 6.54 Å². The molecule has 0 saturated carbocycles. The Bertz CT molecular complexity index is 498. The van der Waals surface area contributed by atoms with Crippen LogP contribution < -0.4 is 5.32 Å². The first kappa shape index (κ1) is 11.3. The van der Waals surface area contributed by atoms with Crippen molar-refractivity contribution in [1.82, 2.24) is 20.3 Å². The van der Waals surface area contributed by atoms with Gasteiger partial charge in [0.15, 0.2) is 0 Å². The molecular formula is C11H11FN4O. The van der Waals surface area contributed by atoms with Gasteiger partial charge in [0.2, 0.25) is 5.95 Å². The van der Waals surface area contributed by atoms with Crippen LogP contribution in [-0.2, 0) is 6.42 Å². The molecule has 0 unspecified atom stereocenters. The van der Waals surface area contributed by atoms with E-state index in [2.05, 4.69) is 20.3 Å². The van der Waals surface area contributed by atoms with E-state index < -0.39 is 11.9 Å². The maximum atomic E-state index is 13.2. The number of pyridine rings is 1. The van der Waals surface area contributed by atoms with Crippen LogP contribution in [0.2, 0.25) is 0 Å². The first-order valence-electron chi connectivity index (χ1n) is 5.14. The molecule has 88 valence electrons. The quantitative estimate of drug-likeness (QED) is 0.773. The summed E-state index contributed by atoms with van der Waals surface area (Å²) in [5.74, 6) is -0.456. The highest BCUT2D eigenvalue weighted by atomic mass is 19.1. The number of hydrogen-bond acceptors (Lipinski definition) is 3. The number of rotatable bonds is 4. The Kier molecular flexibility index (Phi) is 3.44. The van der Waals surface area contributed by atoms with Crippen LogP contribution >= 0.6 is 0 Å². The zero-order valence-electron chi connectivity index (χ0n) is 8.98. The smallest absolute Gasteiger partial charge is 0.255 e. The third-order valence-electron chi connectivity index (χ3n) is 2.21. The van der Waals surface area contributed by atoms with Gasteiger partial charge >= 0.3 is 0 Å². The van der Waals surface area contributed by atoms with Gasteiger partial charge in [0.25, 0.3) is 5.91 Å². The minimum Gasteiger partial charge on any atom is -0.351 e. The van der Waals surface area contributed by atoms with E-state index in [0.29, 0.717) is 13.0 Å². The van der Waals surface area contributed by atoms with E-state index in [1.54, 1.807) is 12.4 Å². The van der Waals surface area contributed by atoms with Crippen molar-refractivity contribution in [1.29, 1.82) is 0 Å².